The fourth-order valence-electron chi connectivity index (χ4n) is 2.54. The standard InChI is InChI=1S/C9H14O2/c1-3-6-7-4-5-11-9(7,2)8(6)10/h6-7H,3-5H2,1-2H3/t6-,7+,9+/m1/s1. The highest BCUT2D eigenvalue weighted by Gasteiger charge is 2.61. The SMILES string of the molecule is CC[C@H]1C(=O)[C@@]2(C)OCC[C@@H]12. The first-order valence-corrected chi connectivity index (χ1v) is 4.38. The Balaban J connectivity index is 2.20. The van der Waals surface area contributed by atoms with Gasteiger partial charge in [-0.05, 0) is 19.8 Å². The zero-order chi connectivity index (χ0) is 8.06. The fourth-order valence-corrected chi connectivity index (χ4v) is 2.54. The van der Waals surface area contributed by atoms with Gasteiger partial charge in [-0.15, -0.1) is 0 Å². The molecule has 0 aromatic heterocycles. The summed E-state index contributed by atoms with van der Waals surface area (Å²) in [5.41, 5.74) is -0.374. The topological polar surface area (TPSA) is 26.3 Å². The van der Waals surface area contributed by atoms with Crippen molar-refractivity contribution in [2.24, 2.45) is 11.8 Å². The van der Waals surface area contributed by atoms with Gasteiger partial charge in [0.1, 0.15) is 5.60 Å². The van der Waals surface area contributed by atoms with E-state index in [4.69, 9.17) is 4.74 Å². The maximum atomic E-state index is 11.5. The summed E-state index contributed by atoms with van der Waals surface area (Å²) in [5.74, 6) is 1.17. The average molecular weight is 154 g/mol. The molecule has 1 saturated heterocycles. The number of hydrogen-bond donors (Lipinski definition) is 0. The number of ether oxygens (including phenoxy) is 1. The lowest BCUT2D eigenvalue weighted by atomic mass is 9.60. The number of fused-ring (bicyclic) bond motifs is 1. The van der Waals surface area contributed by atoms with Gasteiger partial charge >= 0.3 is 0 Å². The smallest absolute Gasteiger partial charge is 0.168 e. The van der Waals surface area contributed by atoms with Gasteiger partial charge in [-0.2, -0.15) is 0 Å². The predicted octanol–water partition coefficient (Wildman–Crippen LogP) is 1.39. The van der Waals surface area contributed by atoms with Crippen LogP contribution in [0.3, 0.4) is 0 Å². The second kappa shape index (κ2) is 2.07. The second-order valence-electron chi connectivity index (χ2n) is 3.73. The maximum absolute atomic E-state index is 11.5. The fraction of sp³-hybridized carbons (Fsp3) is 0.889. The molecule has 1 aliphatic carbocycles. The van der Waals surface area contributed by atoms with Crippen LogP contribution in [0.15, 0.2) is 0 Å². The summed E-state index contributed by atoms with van der Waals surface area (Å²) in [5, 5.41) is 0. The van der Waals surface area contributed by atoms with Crippen LogP contribution in [0, 0.1) is 11.8 Å². The highest BCUT2D eigenvalue weighted by molar-refractivity contribution is 5.96. The molecule has 1 saturated carbocycles. The summed E-state index contributed by atoms with van der Waals surface area (Å²) in [6.07, 6.45) is 2.07. The largest absolute Gasteiger partial charge is 0.367 e. The first kappa shape index (κ1) is 7.29. The molecule has 2 fully saturated rings. The third-order valence-electron chi connectivity index (χ3n) is 3.29. The van der Waals surface area contributed by atoms with Crippen LogP contribution in [-0.4, -0.2) is 18.0 Å². The molecular formula is C9H14O2. The van der Waals surface area contributed by atoms with Gasteiger partial charge in [0.05, 0.1) is 0 Å². The molecule has 62 valence electrons. The third kappa shape index (κ3) is 0.684. The van der Waals surface area contributed by atoms with E-state index in [0.717, 1.165) is 19.4 Å². The first-order valence-electron chi connectivity index (χ1n) is 4.38. The molecule has 3 atom stereocenters. The highest BCUT2D eigenvalue weighted by Crippen LogP contribution is 2.50. The number of ketones is 1. The van der Waals surface area contributed by atoms with Crippen molar-refractivity contribution in [3.05, 3.63) is 0 Å². The molecule has 1 heterocycles. The molecular weight excluding hydrogens is 140 g/mol. The zero-order valence-corrected chi connectivity index (χ0v) is 7.09. The van der Waals surface area contributed by atoms with Crippen LogP contribution < -0.4 is 0 Å². The summed E-state index contributed by atoms with van der Waals surface area (Å²) in [6.45, 7) is 4.81. The molecule has 0 amide bonds. The van der Waals surface area contributed by atoms with Crippen molar-refractivity contribution < 1.29 is 9.53 Å². The van der Waals surface area contributed by atoms with E-state index in [1.54, 1.807) is 0 Å². The van der Waals surface area contributed by atoms with E-state index in [1.807, 2.05) is 6.92 Å². The molecule has 0 aromatic carbocycles. The van der Waals surface area contributed by atoms with Crippen molar-refractivity contribution in [3.63, 3.8) is 0 Å². The molecule has 0 N–H and O–H groups in total. The molecule has 11 heavy (non-hydrogen) atoms. The van der Waals surface area contributed by atoms with Gasteiger partial charge in [-0.1, -0.05) is 6.92 Å². The molecule has 2 nitrogen and oxygen atoms in total. The van der Waals surface area contributed by atoms with Crippen LogP contribution in [0.1, 0.15) is 26.7 Å². The lowest BCUT2D eigenvalue weighted by Gasteiger charge is -2.45. The zero-order valence-electron chi connectivity index (χ0n) is 7.09. The summed E-state index contributed by atoms with van der Waals surface area (Å²) < 4.78 is 5.43. The van der Waals surface area contributed by atoms with Crippen molar-refractivity contribution >= 4 is 5.78 Å². The van der Waals surface area contributed by atoms with E-state index in [9.17, 15) is 4.79 Å². The van der Waals surface area contributed by atoms with Gasteiger partial charge in [0.2, 0.25) is 0 Å². The van der Waals surface area contributed by atoms with E-state index in [-0.39, 0.29) is 5.60 Å². The Morgan fingerprint density at radius 1 is 1.73 bits per heavy atom. The number of rotatable bonds is 1. The monoisotopic (exact) mass is 154 g/mol. The van der Waals surface area contributed by atoms with Gasteiger partial charge < -0.3 is 4.74 Å². The van der Waals surface area contributed by atoms with E-state index in [0.29, 0.717) is 17.6 Å². The molecule has 0 radical (unpaired) electrons. The maximum Gasteiger partial charge on any atom is 0.168 e. The minimum atomic E-state index is -0.374. The van der Waals surface area contributed by atoms with Crippen molar-refractivity contribution in [1.29, 1.82) is 0 Å². The van der Waals surface area contributed by atoms with Crippen molar-refractivity contribution in [1.82, 2.24) is 0 Å². The minimum absolute atomic E-state index is 0.308. The lowest BCUT2D eigenvalue weighted by molar-refractivity contribution is -0.166. The van der Waals surface area contributed by atoms with Gasteiger partial charge in [-0.25, -0.2) is 0 Å². The van der Waals surface area contributed by atoms with Gasteiger partial charge in [0.25, 0.3) is 0 Å². The van der Waals surface area contributed by atoms with E-state index in [1.165, 1.54) is 0 Å². The number of carbonyl (C=O) groups is 1. The Morgan fingerprint density at radius 2 is 2.45 bits per heavy atom. The second-order valence-corrected chi connectivity index (χ2v) is 3.73. The van der Waals surface area contributed by atoms with Gasteiger partial charge in [0.15, 0.2) is 5.78 Å². The highest BCUT2D eigenvalue weighted by atomic mass is 16.5. The van der Waals surface area contributed by atoms with E-state index in [2.05, 4.69) is 6.92 Å². The van der Waals surface area contributed by atoms with Gasteiger partial charge in [-0.3, -0.25) is 4.79 Å². The first-order chi connectivity index (χ1) is 5.20. The Bertz CT molecular complexity index is 200. The van der Waals surface area contributed by atoms with Crippen LogP contribution in [0.25, 0.3) is 0 Å². The Labute approximate surface area is 66.9 Å². The number of hydrogen-bond acceptors (Lipinski definition) is 2. The molecule has 2 heteroatoms. The molecule has 2 rings (SSSR count). The third-order valence-corrected chi connectivity index (χ3v) is 3.29. The molecule has 0 unspecified atom stereocenters. The van der Waals surface area contributed by atoms with Crippen molar-refractivity contribution in [3.8, 4) is 0 Å². The van der Waals surface area contributed by atoms with Crippen LogP contribution in [-0.2, 0) is 9.53 Å². The molecule has 0 bridgehead atoms. The summed E-state index contributed by atoms with van der Waals surface area (Å²) in [4.78, 5) is 11.5. The Hall–Kier alpha value is -0.370. The summed E-state index contributed by atoms with van der Waals surface area (Å²) in [7, 11) is 0. The van der Waals surface area contributed by atoms with Crippen LogP contribution in [0.2, 0.25) is 0 Å². The molecule has 2 aliphatic rings. The van der Waals surface area contributed by atoms with E-state index < -0.39 is 0 Å². The normalized spacial score (nSPS) is 48.7. The minimum Gasteiger partial charge on any atom is -0.367 e. The quantitative estimate of drug-likeness (QED) is 0.570. The molecule has 0 spiro atoms. The van der Waals surface area contributed by atoms with Crippen LogP contribution in [0.4, 0.5) is 0 Å². The summed E-state index contributed by atoms with van der Waals surface area (Å²) >= 11 is 0. The Morgan fingerprint density at radius 3 is 3.09 bits per heavy atom. The number of carbonyl (C=O) groups excluding carboxylic acids is 1. The molecule has 0 aromatic rings. The van der Waals surface area contributed by atoms with Crippen molar-refractivity contribution in [2.45, 2.75) is 32.3 Å². The Kier molecular flexibility index (Phi) is 1.37. The number of Topliss-reactive ketones (excluding diaryl/α,β-unsaturated/α-hetero) is 1. The average Bonchev–Trinajstić information content (AvgIpc) is 2.32. The van der Waals surface area contributed by atoms with Crippen LogP contribution in [0.5, 0.6) is 0 Å². The lowest BCUT2D eigenvalue weighted by Crippen LogP contribution is -2.59. The van der Waals surface area contributed by atoms with Crippen LogP contribution >= 0.6 is 0 Å². The van der Waals surface area contributed by atoms with Gasteiger partial charge in [0, 0.05) is 18.4 Å². The van der Waals surface area contributed by atoms with Crippen molar-refractivity contribution in [2.75, 3.05) is 6.61 Å². The molecule has 1 aliphatic heterocycles. The van der Waals surface area contributed by atoms with E-state index >= 15 is 0 Å². The predicted molar refractivity (Wildman–Crippen MR) is 41.3 cm³/mol. The summed E-state index contributed by atoms with van der Waals surface area (Å²) in [6, 6.07) is 0.